The number of rotatable bonds is 4. The van der Waals surface area contributed by atoms with Gasteiger partial charge in [-0.05, 0) is 61.0 Å². The van der Waals surface area contributed by atoms with E-state index in [0.717, 1.165) is 32.4 Å². The van der Waals surface area contributed by atoms with E-state index < -0.39 is 0 Å². The summed E-state index contributed by atoms with van der Waals surface area (Å²) in [6.45, 7) is 2.22. The normalized spacial score (nSPS) is 11.1. The van der Waals surface area contributed by atoms with Crippen LogP contribution in [0.4, 0.5) is 0 Å². The Balaban J connectivity index is 2.04. The van der Waals surface area contributed by atoms with Gasteiger partial charge in [-0.1, -0.05) is 41.4 Å². The molecular formula is C17H17BrN2S. The van der Waals surface area contributed by atoms with Crippen LogP contribution in [0.3, 0.4) is 0 Å². The van der Waals surface area contributed by atoms with Crippen molar-refractivity contribution in [3.63, 3.8) is 0 Å². The number of hydrogen-bond acceptors (Lipinski definition) is 1. The van der Waals surface area contributed by atoms with Crippen LogP contribution in [-0.2, 0) is 6.42 Å². The second-order valence-electron chi connectivity index (χ2n) is 5.20. The molecule has 0 amide bonds. The maximum Gasteiger partial charge on any atom is 0.182 e. The summed E-state index contributed by atoms with van der Waals surface area (Å²) in [4.78, 5) is 3.26. The van der Waals surface area contributed by atoms with Gasteiger partial charge in [-0.2, -0.15) is 0 Å². The maximum absolute atomic E-state index is 5.47. The van der Waals surface area contributed by atoms with Crippen molar-refractivity contribution in [2.45, 2.75) is 26.2 Å². The first-order valence-corrected chi connectivity index (χ1v) is 8.39. The molecule has 2 nitrogen and oxygen atoms in total. The third kappa shape index (κ3) is 2.97. The van der Waals surface area contributed by atoms with Crippen molar-refractivity contribution in [1.29, 1.82) is 0 Å². The van der Waals surface area contributed by atoms with Crippen LogP contribution in [0.5, 0.6) is 0 Å². The molecule has 4 heteroatoms. The van der Waals surface area contributed by atoms with Crippen LogP contribution in [0.25, 0.3) is 16.7 Å². The smallest absolute Gasteiger partial charge is 0.182 e. The highest BCUT2D eigenvalue weighted by atomic mass is 79.9. The van der Waals surface area contributed by atoms with E-state index in [1.165, 1.54) is 18.4 Å². The lowest BCUT2D eigenvalue weighted by atomic mass is 10.1. The quantitative estimate of drug-likeness (QED) is 0.583. The van der Waals surface area contributed by atoms with Gasteiger partial charge >= 0.3 is 0 Å². The third-order valence-electron chi connectivity index (χ3n) is 3.66. The van der Waals surface area contributed by atoms with Gasteiger partial charge in [0.1, 0.15) is 0 Å². The fourth-order valence-corrected chi connectivity index (χ4v) is 3.21. The Labute approximate surface area is 137 Å². The molecule has 0 aliphatic carbocycles. The average Bonchev–Trinajstić information content (AvgIpc) is 2.80. The number of H-pyrrole nitrogens is 1. The SMILES string of the molecule is CCCCc1ccc(-n2c(=S)[nH]c3cc(Br)ccc32)cc1. The van der Waals surface area contributed by atoms with Crippen molar-refractivity contribution < 1.29 is 0 Å². The largest absolute Gasteiger partial charge is 0.330 e. The second-order valence-corrected chi connectivity index (χ2v) is 6.50. The summed E-state index contributed by atoms with van der Waals surface area (Å²) in [5.41, 5.74) is 4.64. The van der Waals surface area contributed by atoms with Gasteiger partial charge in [0, 0.05) is 10.2 Å². The van der Waals surface area contributed by atoms with Crippen molar-refractivity contribution in [3.8, 4) is 5.69 Å². The summed E-state index contributed by atoms with van der Waals surface area (Å²) in [7, 11) is 0. The number of aromatic nitrogens is 2. The highest BCUT2D eigenvalue weighted by molar-refractivity contribution is 9.10. The molecule has 1 aromatic heterocycles. The molecule has 0 radical (unpaired) electrons. The summed E-state index contributed by atoms with van der Waals surface area (Å²) < 4.78 is 3.86. The van der Waals surface area contributed by atoms with Crippen molar-refractivity contribution in [2.75, 3.05) is 0 Å². The van der Waals surface area contributed by atoms with E-state index >= 15 is 0 Å². The second kappa shape index (κ2) is 6.16. The van der Waals surface area contributed by atoms with Gasteiger partial charge in [-0.15, -0.1) is 0 Å². The van der Waals surface area contributed by atoms with Gasteiger partial charge in [0.25, 0.3) is 0 Å². The molecule has 0 aliphatic rings. The first-order valence-electron chi connectivity index (χ1n) is 7.18. The van der Waals surface area contributed by atoms with Crippen LogP contribution in [0.1, 0.15) is 25.3 Å². The number of imidazole rings is 1. The zero-order valence-electron chi connectivity index (χ0n) is 11.9. The van der Waals surface area contributed by atoms with Gasteiger partial charge < -0.3 is 4.98 Å². The molecule has 0 saturated heterocycles. The number of hydrogen-bond donors (Lipinski definition) is 1. The van der Waals surface area contributed by atoms with E-state index in [1.807, 2.05) is 6.07 Å². The number of aromatic amines is 1. The lowest BCUT2D eigenvalue weighted by Crippen LogP contribution is -1.94. The summed E-state index contributed by atoms with van der Waals surface area (Å²) in [5.74, 6) is 0. The zero-order valence-corrected chi connectivity index (χ0v) is 14.3. The average molecular weight is 361 g/mol. The van der Waals surface area contributed by atoms with Crippen LogP contribution in [0.15, 0.2) is 46.9 Å². The molecular weight excluding hydrogens is 344 g/mol. The molecule has 1 N–H and O–H groups in total. The Kier molecular flexibility index (Phi) is 4.27. The number of halogens is 1. The third-order valence-corrected chi connectivity index (χ3v) is 4.44. The highest BCUT2D eigenvalue weighted by Crippen LogP contribution is 2.23. The Morgan fingerprint density at radius 3 is 2.62 bits per heavy atom. The van der Waals surface area contributed by atoms with Crippen molar-refractivity contribution in [1.82, 2.24) is 9.55 Å². The predicted molar refractivity (Wildman–Crippen MR) is 94.8 cm³/mol. The summed E-state index contributed by atoms with van der Waals surface area (Å²) in [6, 6.07) is 14.9. The van der Waals surface area contributed by atoms with E-state index in [1.54, 1.807) is 0 Å². The van der Waals surface area contributed by atoms with Crippen molar-refractivity contribution >= 4 is 39.2 Å². The van der Waals surface area contributed by atoms with Crippen molar-refractivity contribution in [2.24, 2.45) is 0 Å². The predicted octanol–water partition coefficient (Wildman–Crippen LogP) is 5.79. The number of nitrogens with zero attached hydrogens (tertiary/aromatic N) is 1. The minimum Gasteiger partial charge on any atom is -0.330 e. The first-order chi connectivity index (χ1) is 10.2. The maximum atomic E-state index is 5.47. The molecule has 108 valence electrons. The standard InChI is InChI=1S/C17H17BrN2S/c1-2-3-4-12-5-8-14(9-6-12)20-16-10-7-13(18)11-15(16)19-17(20)21/h5-11H,2-4H2,1H3,(H,19,21). The van der Waals surface area contributed by atoms with E-state index in [2.05, 4.69) is 68.8 Å². The lowest BCUT2D eigenvalue weighted by Gasteiger charge is -2.06. The van der Waals surface area contributed by atoms with Gasteiger partial charge in [0.2, 0.25) is 0 Å². The molecule has 0 spiro atoms. The van der Waals surface area contributed by atoms with Gasteiger partial charge in [-0.3, -0.25) is 4.57 Å². The molecule has 0 saturated carbocycles. The molecule has 0 unspecified atom stereocenters. The molecule has 3 rings (SSSR count). The molecule has 1 heterocycles. The molecule has 3 aromatic rings. The van der Waals surface area contributed by atoms with Crippen LogP contribution in [-0.4, -0.2) is 9.55 Å². The molecule has 21 heavy (non-hydrogen) atoms. The van der Waals surface area contributed by atoms with Crippen LogP contribution in [0.2, 0.25) is 0 Å². The number of nitrogens with one attached hydrogen (secondary N) is 1. The van der Waals surface area contributed by atoms with E-state index in [4.69, 9.17) is 12.2 Å². The van der Waals surface area contributed by atoms with Gasteiger partial charge in [-0.25, -0.2) is 0 Å². The molecule has 0 aliphatic heterocycles. The number of benzene rings is 2. The lowest BCUT2D eigenvalue weighted by molar-refractivity contribution is 0.795. The molecule has 0 fully saturated rings. The minimum atomic E-state index is 0.726. The monoisotopic (exact) mass is 360 g/mol. The van der Waals surface area contributed by atoms with Gasteiger partial charge in [0.05, 0.1) is 11.0 Å². The number of aryl methyl sites for hydroxylation is 1. The van der Waals surface area contributed by atoms with Crippen molar-refractivity contribution in [3.05, 3.63) is 57.3 Å². The zero-order chi connectivity index (χ0) is 14.8. The molecule has 0 atom stereocenters. The molecule has 0 bridgehead atoms. The molecule has 2 aromatic carbocycles. The van der Waals surface area contributed by atoms with Gasteiger partial charge in [0.15, 0.2) is 4.77 Å². The summed E-state index contributed by atoms with van der Waals surface area (Å²) in [6.07, 6.45) is 3.60. The summed E-state index contributed by atoms with van der Waals surface area (Å²) >= 11 is 8.97. The Bertz CT molecular complexity index is 815. The van der Waals surface area contributed by atoms with Crippen LogP contribution < -0.4 is 0 Å². The Hall–Kier alpha value is -1.39. The Morgan fingerprint density at radius 1 is 1.14 bits per heavy atom. The van der Waals surface area contributed by atoms with E-state index in [9.17, 15) is 0 Å². The van der Waals surface area contributed by atoms with Crippen LogP contribution >= 0.6 is 28.1 Å². The number of unbranched alkanes of at least 4 members (excludes halogenated alkanes) is 1. The van der Waals surface area contributed by atoms with E-state index in [0.29, 0.717) is 0 Å². The minimum absolute atomic E-state index is 0.726. The Morgan fingerprint density at radius 2 is 1.90 bits per heavy atom. The fourth-order valence-electron chi connectivity index (χ4n) is 2.53. The highest BCUT2D eigenvalue weighted by Gasteiger charge is 2.06. The summed E-state index contributed by atoms with van der Waals surface area (Å²) in [5, 5.41) is 0. The topological polar surface area (TPSA) is 20.7 Å². The first kappa shape index (κ1) is 14.5. The van der Waals surface area contributed by atoms with Crippen LogP contribution in [0, 0.1) is 4.77 Å². The fraction of sp³-hybridized carbons (Fsp3) is 0.235. The number of fused-ring (bicyclic) bond motifs is 1. The van der Waals surface area contributed by atoms with E-state index in [-0.39, 0.29) is 0 Å².